The zero-order valence-electron chi connectivity index (χ0n) is 14.3. The molecule has 0 aromatic heterocycles. The van der Waals surface area contributed by atoms with Crippen molar-refractivity contribution in [1.82, 2.24) is 5.43 Å². The van der Waals surface area contributed by atoms with Gasteiger partial charge in [-0.2, -0.15) is 5.10 Å². The van der Waals surface area contributed by atoms with Gasteiger partial charge in [-0.1, -0.05) is 60.2 Å². The summed E-state index contributed by atoms with van der Waals surface area (Å²) in [6.45, 7) is 3.97. The average molecular weight is 332 g/mol. The smallest absolute Gasteiger partial charge is 0.277 e. The van der Waals surface area contributed by atoms with Crippen molar-refractivity contribution >= 4 is 22.9 Å². The molecule has 3 aromatic rings. The fraction of sp³-hybridized carbons (Fsp3) is 0.143. The number of nitrogens with zero attached hydrogens (tertiary/aromatic N) is 1. The molecule has 1 N–H and O–H groups in total. The number of carbonyl (C=O) groups is 1. The van der Waals surface area contributed by atoms with E-state index in [1.54, 1.807) is 6.21 Å². The Morgan fingerprint density at radius 1 is 1.08 bits per heavy atom. The van der Waals surface area contributed by atoms with E-state index in [9.17, 15) is 4.79 Å². The summed E-state index contributed by atoms with van der Waals surface area (Å²) in [5.41, 5.74) is 5.78. The van der Waals surface area contributed by atoms with Crippen molar-refractivity contribution < 1.29 is 9.53 Å². The van der Waals surface area contributed by atoms with Gasteiger partial charge in [0.25, 0.3) is 5.91 Å². The maximum absolute atomic E-state index is 11.9. The molecule has 126 valence electrons. The maximum atomic E-state index is 11.9. The number of nitrogens with one attached hydrogen (secondary N) is 1. The van der Waals surface area contributed by atoms with Gasteiger partial charge in [-0.15, -0.1) is 0 Å². The second kappa shape index (κ2) is 7.62. The Morgan fingerprint density at radius 3 is 2.72 bits per heavy atom. The molecule has 0 unspecified atom stereocenters. The van der Waals surface area contributed by atoms with Gasteiger partial charge in [0.1, 0.15) is 5.75 Å². The molecule has 4 heteroatoms. The van der Waals surface area contributed by atoms with Crippen LogP contribution < -0.4 is 10.2 Å². The minimum atomic E-state index is -0.297. The lowest BCUT2D eigenvalue weighted by atomic mass is 10.1. The van der Waals surface area contributed by atoms with Gasteiger partial charge in [0.15, 0.2) is 6.61 Å². The van der Waals surface area contributed by atoms with E-state index in [2.05, 4.69) is 16.6 Å². The van der Waals surface area contributed by atoms with Crippen molar-refractivity contribution in [2.45, 2.75) is 13.8 Å². The molecule has 0 heterocycles. The van der Waals surface area contributed by atoms with E-state index in [0.29, 0.717) is 5.75 Å². The molecule has 25 heavy (non-hydrogen) atoms. The highest BCUT2D eigenvalue weighted by molar-refractivity contribution is 5.89. The molecule has 0 bridgehead atoms. The molecule has 0 saturated heterocycles. The van der Waals surface area contributed by atoms with Crippen LogP contribution >= 0.6 is 0 Å². The van der Waals surface area contributed by atoms with Crippen molar-refractivity contribution in [2.75, 3.05) is 6.61 Å². The first-order chi connectivity index (χ1) is 12.1. The average Bonchev–Trinajstić information content (AvgIpc) is 2.62. The Hall–Kier alpha value is -3.14. The van der Waals surface area contributed by atoms with Gasteiger partial charge in [0.05, 0.1) is 6.21 Å². The molecule has 3 aromatic carbocycles. The first-order valence-electron chi connectivity index (χ1n) is 8.13. The minimum Gasteiger partial charge on any atom is -0.483 e. The fourth-order valence-electron chi connectivity index (χ4n) is 2.64. The van der Waals surface area contributed by atoms with Crippen LogP contribution in [0.15, 0.2) is 65.8 Å². The Labute approximate surface area is 147 Å². The number of amides is 1. The summed E-state index contributed by atoms with van der Waals surface area (Å²) >= 11 is 0. The lowest BCUT2D eigenvalue weighted by molar-refractivity contribution is -0.123. The molecule has 3 rings (SSSR count). The predicted octanol–water partition coefficient (Wildman–Crippen LogP) is 3.99. The lowest BCUT2D eigenvalue weighted by Gasteiger charge is -2.08. The van der Waals surface area contributed by atoms with Crippen LogP contribution in [0.2, 0.25) is 0 Å². The van der Waals surface area contributed by atoms with Crippen LogP contribution in [0.25, 0.3) is 10.8 Å². The lowest BCUT2D eigenvalue weighted by Crippen LogP contribution is -2.24. The van der Waals surface area contributed by atoms with Crippen LogP contribution in [-0.4, -0.2) is 18.7 Å². The first kappa shape index (κ1) is 16.7. The van der Waals surface area contributed by atoms with Gasteiger partial charge in [-0.3, -0.25) is 4.79 Å². The molecule has 0 spiro atoms. The molecule has 0 radical (unpaired) electrons. The summed E-state index contributed by atoms with van der Waals surface area (Å²) in [7, 11) is 0. The van der Waals surface area contributed by atoms with Crippen molar-refractivity contribution in [2.24, 2.45) is 5.10 Å². The predicted molar refractivity (Wildman–Crippen MR) is 101 cm³/mol. The summed E-state index contributed by atoms with van der Waals surface area (Å²) in [4.78, 5) is 11.9. The normalized spacial score (nSPS) is 11.0. The zero-order valence-corrected chi connectivity index (χ0v) is 14.3. The third-order valence-corrected chi connectivity index (χ3v) is 3.93. The fourth-order valence-corrected chi connectivity index (χ4v) is 2.64. The highest BCUT2D eigenvalue weighted by Crippen LogP contribution is 2.24. The van der Waals surface area contributed by atoms with Gasteiger partial charge in [0, 0.05) is 5.39 Å². The molecular formula is C21H20N2O2. The molecule has 1 amide bonds. The Kier molecular flexibility index (Phi) is 5.09. The summed E-state index contributed by atoms with van der Waals surface area (Å²) in [5.74, 6) is 0.389. The number of fused-ring (bicyclic) bond motifs is 1. The molecule has 0 aliphatic carbocycles. The summed E-state index contributed by atoms with van der Waals surface area (Å²) < 4.78 is 5.64. The maximum Gasteiger partial charge on any atom is 0.277 e. The Balaban J connectivity index is 1.58. The number of hydrazone groups is 1. The van der Waals surface area contributed by atoms with E-state index in [1.165, 1.54) is 5.56 Å². The third kappa shape index (κ3) is 4.23. The summed E-state index contributed by atoms with van der Waals surface area (Å²) in [6, 6.07) is 19.7. The second-order valence-corrected chi connectivity index (χ2v) is 5.92. The number of rotatable bonds is 5. The minimum absolute atomic E-state index is 0.0851. The van der Waals surface area contributed by atoms with Gasteiger partial charge in [-0.05, 0) is 36.4 Å². The molecule has 0 saturated carbocycles. The van der Waals surface area contributed by atoms with Crippen LogP contribution in [0, 0.1) is 13.8 Å². The molecule has 0 aliphatic heterocycles. The quantitative estimate of drug-likeness (QED) is 0.567. The van der Waals surface area contributed by atoms with E-state index in [4.69, 9.17) is 4.74 Å². The number of hydrogen-bond acceptors (Lipinski definition) is 3. The molecule has 0 aliphatic rings. The van der Waals surface area contributed by atoms with E-state index in [-0.39, 0.29) is 12.5 Å². The van der Waals surface area contributed by atoms with Crippen LogP contribution in [-0.2, 0) is 4.79 Å². The summed E-state index contributed by atoms with van der Waals surface area (Å²) in [5, 5.41) is 6.06. The highest BCUT2D eigenvalue weighted by atomic mass is 16.5. The number of aryl methyl sites for hydroxylation is 2. The largest absolute Gasteiger partial charge is 0.483 e. The number of hydrogen-bond donors (Lipinski definition) is 1. The van der Waals surface area contributed by atoms with E-state index < -0.39 is 0 Å². The van der Waals surface area contributed by atoms with Crippen molar-refractivity contribution in [3.8, 4) is 5.75 Å². The monoisotopic (exact) mass is 332 g/mol. The van der Waals surface area contributed by atoms with Crippen LogP contribution in [0.4, 0.5) is 0 Å². The number of carbonyl (C=O) groups excluding carboxylic acids is 1. The topological polar surface area (TPSA) is 50.7 Å². The Bertz CT molecular complexity index is 927. The zero-order chi connectivity index (χ0) is 17.6. The molecular weight excluding hydrogens is 312 g/mol. The van der Waals surface area contributed by atoms with Gasteiger partial charge in [0.2, 0.25) is 0 Å². The summed E-state index contributed by atoms with van der Waals surface area (Å²) in [6.07, 6.45) is 1.64. The number of ether oxygens (including phenoxy) is 1. The van der Waals surface area contributed by atoms with E-state index >= 15 is 0 Å². The van der Waals surface area contributed by atoms with Crippen molar-refractivity contribution in [3.05, 3.63) is 77.4 Å². The molecule has 0 fully saturated rings. The Morgan fingerprint density at radius 2 is 1.88 bits per heavy atom. The second-order valence-electron chi connectivity index (χ2n) is 5.92. The first-order valence-corrected chi connectivity index (χ1v) is 8.13. The number of benzene rings is 3. The van der Waals surface area contributed by atoms with Gasteiger partial charge < -0.3 is 4.74 Å². The third-order valence-electron chi connectivity index (χ3n) is 3.93. The van der Waals surface area contributed by atoms with E-state index in [1.807, 2.05) is 68.4 Å². The van der Waals surface area contributed by atoms with Crippen molar-refractivity contribution in [3.63, 3.8) is 0 Å². The van der Waals surface area contributed by atoms with Crippen molar-refractivity contribution in [1.29, 1.82) is 0 Å². The van der Waals surface area contributed by atoms with Crippen LogP contribution in [0.1, 0.15) is 16.7 Å². The standard InChI is InChI=1S/C21H20N2O2/c1-15-10-11-18(16(2)12-15)13-22-23-21(24)14-25-20-9-5-7-17-6-3-4-8-19(17)20/h3-13H,14H2,1-2H3,(H,23,24)/b22-13+. The highest BCUT2D eigenvalue weighted by Gasteiger charge is 2.05. The molecule has 0 atom stereocenters. The van der Waals surface area contributed by atoms with Crippen LogP contribution in [0.3, 0.4) is 0 Å². The van der Waals surface area contributed by atoms with E-state index in [0.717, 1.165) is 21.9 Å². The van der Waals surface area contributed by atoms with Gasteiger partial charge in [-0.25, -0.2) is 5.43 Å². The molecule has 4 nitrogen and oxygen atoms in total. The SMILES string of the molecule is Cc1ccc(/C=N/NC(=O)COc2cccc3ccccc23)c(C)c1. The van der Waals surface area contributed by atoms with Gasteiger partial charge >= 0.3 is 0 Å². The van der Waals surface area contributed by atoms with Crippen LogP contribution in [0.5, 0.6) is 5.75 Å².